The zero-order valence-corrected chi connectivity index (χ0v) is 11.3. The Hall–Kier alpha value is 0.390. The van der Waals surface area contributed by atoms with Crippen molar-refractivity contribution in [3.8, 4) is 0 Å². The molecule has 0 aromatic heterocycles. The van der Waals surface area contributed by atoms with Gasteiger partial charge in [0.15, 0.2) is 0 Å². The van der Waals surface area contributed by atoms with Gasteiger partial charge in [-0.25, -0.2) is 0 Å². The topological polar surface area (TPSA) is 54.4 Å². The van der Waals surface area contributed by atoms with Gasteiger partial charge in [0.2, 0.25) is 0 Å². The third-order valence-electron chi connectivity index (χ3n) is 1.82. The third kappa shape index (κ3) is 3.51. The molecule has 0 aliphatic heterocycles. The zero-order valence-electron chi connectivity index (χ0n) is 10.3. The Kier molecular flexibility index (Phi) is 5.62. The minimum Gasteiger partial charge on any atom is -1.00 e. The van der Waals surface area contributed by atoms with Gasteiger partial charge in [-0.15, -0.1) is 0 Å². The Morgan fingerprint density at radius 1 is 1.29 bits per heavy atom. The fraction of sp³-hybridized carbons (Fsp3) is 0.333. The average molecular weight is 242 g/mol. The van der Waals surface area contributed by atoms with Crippen molar-refractivity contribution < 1.29 is 15.8 Å². The molecule has 1 aromatic rings. The summed E-state index contributed by atoms with van der Waals surface area (Å²) in [4.78, 5) is 0.00463. The van der Waals surface area contributed by atoms with Crippen molar-refractivity contribution in [3.63, 3.8) is 0 Å². The van der Waals surface area contributed by atoms with Gasteiger partial charge >= 0.3 is 37.7 Å². The maximum atomic E-state index is 10.9. The van der Waals surface area contributed by atoms with Crippen LogP contribution in [0.5, 0.6) is 0 Å². The molecule has 0 unspecified atom stereocenters. The van der Waals surface area contributed by atoms with Crippen molar-refractivity contribution in [2.24, 2.45) is 0 Å². The first-order valence-electron chi connectivity index (χ1n) is 3.99. The van der Waals surface area contributed by atoms with Gasteiger partial charge in [0.1, 0.15) is 0 Å². The molecule has 1 rings (SSSR count). The molecule has 0 radical (unpaired) electrons. The minimum atomic E-state index is -4.08. The molecule has 1 aromatic carbocycles. The molecule has 14 heavy (non-hydrogen) atoms. The van der Waals surface area contributed by atoms with Crippen LogP contribution in [0.1, 0.15) is 28.2 Å². The van der Waals surface area contributed by atoms with Gasteiger partial charge in [-0.05, 0) is 17.5 Å². The summed E-state index contributed by atoms with van der Waals surface area (Å²) in [6.45, 7) is 3.76. The molecule has 0 amide bonds. The van der Waals surface area contributed by atoms with E-state index in [1.54, 1.807) is 18.2 Å². The van der Waals surface area contributed by atoms with E-state index in [2.05, 4.69) is 0 Å². The van der Waals surface area contributed by atoms with Crippen LogP contribution in [0.2, 0.25) is 0 Å². The standard InChI is InChI=1S/C9H12O3S.Ca.2H/c1-7(2)8-5-3-4-6-9(8)13(10,11)12;;;/h3-7H,1-2H3,(H,10,11,12);;;/q;+2;2*-1. The smallest absolute Gasteiger partial charge is 1.00 e. The van der Waals surface area contributed by atoms with Crippen molar-refractivity contribution in [1.29, 1.82) is 0 Å². The van der Waals surface area contributed by atoms with Gasteiger partial charge in [0, 0.05) is 0 Å². The molecular formula is C9H14CaO3S. The summed E-state index contributed by atoms with van der Waals surface area (Å²) in [6, 6.07) is 6.46. The molecule has 0 aliphatic carbocycles. The molecule has 76 valence electrons. The molecule has 3 nitrogen and oxygen atoms in total. The number of hydrogen-bond acceptors (Lipinski definition) is 2. The summed E-state index contributed by atoms with van der Waals surface area (Å²) in [5.74, 6) is 0.0816. The zero-order chi connectivity index (χ0) is 10.1. The van der Waals surface area contributed by atoms with Gasteiger partial charge < -0.3 is 2.85 Å². The molecule has 0 heterocycles. The van der Waals surface area contributed by atoms with Gasteiger partial charge in [-0.2, -0.15) is 8.42 Å². The summed E-state index contributed by atoms with van der Waals surface area (Å²) in [5, 5.41) is 0. The first-order valence-corrected chi connectivity index (χ1v) is 5.43. The average Bonchev–Trinajstić information content (AvgIpc) is 2.03. The molecular weight excluding hydrogens is 228 g/mol. The molecule has 0 fully saturated rings. The summed E-state index contributed by atoms with van der Waals surface area (Å²) < 4.78 is 30.7. The minimum absolute atomic E-state index is 0. The van der Waals surface area contributed by atoms with Crippen LogP contribution in [0.15, 0.2) is 29.2 Å². The predicted octanol–water partition coefficient (Wildman–Crippen LogP) is 1.90. The van der Waals surface area contributed by atoms with Crippen LogP contribution in [-0.2, 0) is 10.1 Å². The van der Waals surface area contributed by atoms with Crippen LogP contribution in [-0.4, -0.2) is 50.7 Å². The Morgan fingerprint density at radius 2 is 1.79 bits per heavy atom. The number of benzene rings is 1. The quantitative estimate of drug-likeness (QED) is 0.636. The predicted molar refractivity (Wildman–Crippen MR) is 58.3 cm³/mol. The van der Waals surface area contributed by atoms with Crippen molar-refractivity contribution in [2.45, 2.75) is 24.7 Å². The third-order valence-corrected chi connectivity index (χ3v) is 2.75. The van der Waals surface area contributed by atoms with Crippen LogP contribution >= 0.6 is 0 Å². The Morgan fingerprint density at radius 3 is 2.14 bits per heavy atom. The molecule has 0 atom stereocenters. The second-order valence-corrected chi connectivity index (χ2v) is 4.56. The van der Waals surface area contributed by atoms with Crippen molar-refractivity contribution in [2.75, 3.05) is 0 Å². The summed E-state index contributed by atoms with van der Waals surface area (Å²) in [7, 11) is -4.08. The monoisotopic (exact) mass is 242 g/mol. The van der Waals surface area contributed by atoms with Crippen LogP contribution in [0.4, 0.5) is 0 Å². The second-order valence-electron chi connectivity index (χ2n) is 3.17. The Labute approximate surface area is 117 Å². The molecule has 1 N–H and O–H groups in total. The molecule has 0 spiro atoms. The molecule has 0 saturated carbocycles. The van der Waals surface area contributed by atoms with E-state index in [0.717, 1.165) is 0 Å². The maximum absolute atomic E-state index is 10.9. The maximum Gasteiger partial charge on any atom is 2.00 e. The van der Waals surface area contributed by atoms with E-state index < -0.39 is 10.1 Å². The van der Waals surface area contributed by atoms with E-state index in [0.29, 0.717) is 5.56 Å². The Bertz CT molecular complexity index is 407. The van der Waals surface area contributed by atoms with E-state index in [1.807, 2.05) is 13.8 Å². The molecule has 0 bridgehead atoms. The summed E-state index contributed by atoms with van der Waals surface area (Å²) in [5.41, 5.74) is 0.644. The van der Waals surface area contributed by atoms with E-state index in [4.69, 9.17) is 4.55 Å². The van der Waals surface area contributed by atoms with E-state index in [-0.39, 0.29) is 51.4 Å². The molecule has 0 saturated heterocycles. The fourth-order valence-corrected chi connectivity index (χ4v) is 2.04. The molecule has 5 heteroatoms. The van der Waals surface area contributed by atoms with Crippen molar-refractivity contribution in [1.82, 2.24) is 0 Å². The largest absolute Gasteiger partial charge is 2.00 e. The van der Waals surface area contributed by atoms with Gasteiger partial charge in [0.25, 0.3) is 10.1 Å². The van der Waals surface area contributed by atoms with Crippen LogP contribution in [0, 0.1) is 0 Å². The SMILES string of the molecule is CC(C)c1ccccc1S(=O)(=O)O.[Ca+2].[H-].[H-]. The van der Waals surface area contributed by atoms with E-state index in [1.165, 1.54) is 6.07 Å². The van der Waals surface area contributed by atoms with Crippen LogP contribution in [0.3, 0.4) is 0 Å². The normalized spacial score (nSPS) is 11.1. The van der Waals surface area contributed by atoms with E-state index in [9.17, 15) is 8.42 Å². The second kappa shape index (κ2) is 5.47. The Balaban J connectivity index is -0.000000563. The fourth-order valence-electron chi connectivity index (χ4n) is 1.19. The number of hydrogen-bond donors (Lipinski definition) is 1. The van der Waals surface area contributed by atoms with Crippen molar-refractivity contribution >= 4 is 47.9 Å². The van der Waals surface area contributed by atoms with Gasteiger partial charge in [0.05, 0.1) is 4.90 Å². The van der Waals surface area contributed by atoms with Gasteiger partial charge in [-0.3, -0.25) is 4.55 Å². The van der Waals surface area contributed by atoms with Gasteiger partial charge in [-0.1, -0.05) is 32.0 Å². The summed E-state index contributed by atoms with van der Waals surface area (Å²) in [6.07, 6.45) is 0. The van der Waals surface area contributed by atoms with Crippen LogP contribution in [0.25, 0.3) is 0 Å². The number of rotatable bonds is 2. The summed E-state index contributed by atoms with van der Waals surface area (Å²) >= 11 is 0. The van der Waals surface area contributed by atoms with E-state index >= 15 is 0 Å². The van der Waals surface area contributed by atoms with Crippen LogP contribution < -0.4 is 0 Å². The van der Waals surface area contributed by atoms with Crippen molar-refractivity contribution in [3.05, 3.63) is 29.8 Å². The first kappa shape index (κ1) is 14.4. The molecule has 0 aliphatic rings. The first-order chi connectivity index (χ1) is 5.93.